The molecule has 0 radical (unpaired) electrons. The van der Waals surface area contributed by atoms with Gasteiger partial charge in [-0.1, -0.05) is 36.0 Å². The van der Waals surface area contributed by atoms with Crippen molar-refractivity contribution in [3.05, 3.63) is 28.2 Å². The summed E-state index contributed by atoms with van der Waals surface area (Å²) in [6.07, 6.45) is 9.30. The Morgan fingerprint density at radius 1 is 0.970 bits per heavy atom. The number of benzene rings is 1. The van der Waals surface area contributed by atoms with Gasteiger partial charge in [0, 0.05) is 31.7 Å². The Bertz CT molecular complexity index is 777. The van der Waals surface area contributed by atoms with Gasteiger partial charge in [0.25, 0.3) is 0 Å². The Hall–Kier alpha value is -1.01. The Morgan fingerprint density at radius 3 is 2.39 bits per heavy atom. The topological polar surface area (TPSA) is 42.0 Å². The van der Waals surface area contributed by atoms with Crippen LogP contribution in [0, 0.1) is 11.8 Å². The van der Waals surface area contributed by atoms with Crippen molar-refractivity contribution in [2.45, 2.75) is 70.4 Å². The quantitative estimate of drug-likeness (QED) is 0.454. The van der Waals surface area contributed by atoms with Gasteiger partial charge in [-0.2, -0.15) is 0 Å². The first-order valence-electron chi connectivity index (χ1n) is 12.8. The molecule has 0 bridgehead atoms. The molecule has 1 aromatic carbocycles. The van der Waals surface area contributed by atoms with Gasteiger partial charge in [-0.15, -0.1) is 0 Å². The van der Waals surface area contributed by atoms with Crippen molar-refractivity contribution in [3.8, 4) is 5.75 Å². The van der Waals surface area contributed by atoms with Crippen molar-refractivity contribution in [2.75, 3.05) is 39.3 Å². The van der Waals surface area contributed by atoms with E-state index in [9.17, 15) is 4.79 Å². The van der Waals surface area contributed by atoms with E-state index in [4.69, 9.17) is 32.7 Å². The Labute approximate surface area is 208 Å². The maximum Gasteiger partial charge on any atom is 0.310 e. The van der Waals surface area contributed by atoms with E-state index in [1.807, 2.05) is 19.1 Å². The Morgan fingerprint density at radius 2 is 1.70 bits per heavy atom. The fourth-order valence-corrected chi connectivity index (χ4v) is 6.15. The zero-order valence-electron chi connectivity index (χ0n) is 19.8. The van der Waals surface area contributed by atoms with Crippen LogP contribution in [0.5, 0.6) is 5.75 Å². The average Bonchev–Trinajstić information content (AvgIpc) is 2.83. The number of halogens is 2. The van der Waals surface area contributed by atoms with Crippen molar-refractivity contribution < 1.29 is 14.3 Å². The van der Waals surface area contributed by atoms with Gasteiger partial charge in [0.2, 0.25) is 0 Å². The number of esters is 1. The van der Waals surface area contributed by atoms with Crippen LogP contribution in [0.25, 0.3) is 0 Å². The zero-order chi connectivity index (χ0) is 23.2. The molecule has 3 aliphatic rings. The minimum atomic E-state index is 0.0234. The summed E-state index contributed by atoms with van der Waals surface area (Å²) in [7, 11) is 0. The molecule has 2 atom stereocenters. The van der Waals surface area contributed by atoms with Crippen LogP contribution in [-0.2, 0) is 9.53 Å². The van der Waals surface area contributed by atoms with Gasteiger partial charge in [-0.3, -0.25) is 9.69 Å². The van der Waals surface area contributed by atoms with Crippen molar-refractivity contribution >= 4 is 29.2 Å². The molecule has 7 heteroatoms. The highest BCUT2D eigenvalue weighted by Gasteiger charge is 2.37. The fraction of sp³-hybridized carbons (Fsp3) is 0.731. The summed E-state index contributed by atoms with van der Waals surface area (Å²) in [6, 6.07) is 5.88. The second-order valence-electron chi connectivity index (χ2n) is 9.88. The second kappa shape index (κ2) is 12.1. The standard InChI is InChI=1S/C26H38Cl2N2O3/c1-2-32-26(31)22-5-3-4-6-25(22)30-15-9-19(10-16-30)18-29-13-11-20(12-14-29)33-21-7-8-23(27)24(28)17-21/h7-8,17,19-20,22,25H,2-6,9-16,18H2,1H3/t22-,25+/m1/s1. The lowest BCUT2D eigenvalue weighted by atomic mass is 9.82. The van der Waals surface area contributed by atoms with Crippen molar-refractivity contribution in [1.29, 1.82) is 0 Å². The molecule has 0 N–H and O–H groups in total. The molecule has 5 nitrogen and oxygen atoms in total. The predicted octanol–water partition coefficient (Wildman–Crippen LogP) is 5.67. The van der Waals surface area contributed by atoms with Gasteiger partial charge in [0.1, 0.15) is 11.9 Å². The second-order valence-corrected chi connectivity index (χ2v) is 10.7. The molecular weight excluding hydrogens is 459 g/mol. The average molecular weight is 498 g/mol. The van der Waals surface area contributed by atoms with Crippen molar-refractivity contribution in [1.82, 2.24) is 9.80 Å². The van der Waals surface area contributed by atoms with E-state index >= 15 is 0 Å². The molecule has 33 heavy (non-hydrogen) atoms. The third-order valence-electron chi connectivity index (χ3n) is 7.68. The summed E-state index contributed by atoms with van der Waals surface area (Å²) in [6.45, 7) is 7.96. The third-order valence-corrected chi connectivity index (χ3v) is 8.42. The number of hydrogen-bond acceptors (Lipinski definition) is 5. The smallest absolute Gasteiger partial charge is 0.310 e. The van der Waals surface area contributed by atoms with Gasteiger partial charge >= 0.3 is 5.97 Å². The predicted molar refractivity (Wildman–Crippen MR) is 133 cm³/mol. The summed E-state index contributed by atoms with van der Waals surface area (Å²) in [4.78, 5) is 17.7. The van der Waals surface area contributed by atoms with Crippen LogP contribution in [0.1, 0.15) is 58.3 Å². The Kier molecular flexibility index (Phi) is 9.20. The Balaban J connectivity index is 1.19. The molecule has 0 aromatic heterocycles. The summed E-state index contributed by atoms with van der Waals surface area (Å²) in [5.74, 6) is 1.65. The van der Waals surface area contributed by atoms with Crippen LogP contribution in [0.15, 0.2) is 18.2 Å². The summed E-state index contributed by atoms with van der Waals surface area (Å²) < 4.78 is 11.5. The van der Waals surface area contributed by atoms with E-state index in [1.165, 1.54) is 25.8 Å². The molecule has 1 aliphatic carbocycles. The summed E-state index contributed by atoms with van der Waals surface area (Å²) >= 11 is 12.1. The van der Waals surface area contributed by atoms with Gasteiger partial charge in [0.05, 0.1) is 22.6 Å². The van der Waals surface area contributed by atoms with Crippen LogP contribution in [0.2, 0.25) is 10.0 Å². The molecule has 4 rings (SSSR count). The van der Waals surface area contributed by atoms with Crippen LogP contribution in [-0.4, -0.2) is 67.2 Å². The first kappa shape index (κ1) is 25.1. The van der Waals surface area contributed by atoms with Gasteiger partial charge < -0.3 is 14.4 Å². The molecule has 184 valence electrons. The van der Waals surface area contributed by atoms with E-state index in [1.54, 1.807) is 6.07 Å². The van der Waals surface area contributed by atoms with Crippen LogP contribution in [0.3, 0.4) is 0 Å². The van der Waals surface area contributed by atoms with Crippen LogP contribution < -0.4 is 4.74 Å². The number of hydrogen-bond donors (Lipinski definition) is 0. The fourth-order valence-electron chi connectivity index (χ4n) is 5.86. The molecule has 0 unspecified atom stereocenters. The van der Waals surface area contributed by atoms with E-state index in [0.29, 0.717) is 22.7 Å². The van der Waals surface area contributed by atoms with E-state index < -0.39 is 0 Å². The number of ether oxygens (including phenoxy) is 2. The highest BCUT2D eigenvalue weighted by Crippen LogP contribution is 2.33. The minimum Gasteiger partial charge on any atom is -0.490 e. The lowest BCUT2D eigenvalue weighted by Gasteiger charge is -2.43. The third kappa shape index (κ3) is 6.78. The number of rotatable bonds is 7. The number of likely N-dealkylation sites (tertiary alicyclic amines) is 2. The van der Waals surface area contributed by atoms with Crippen molar-refractivity contribution in [2.24, 2.45) is 11.8 Å². The normalized spacial score (nSPS) is 26.3. The largest absolute Gasteiger partial charge is 0.490 e. The number of piperidine rings is 2. The maximum absolute atomic E-state index is 12.5. The van der Waals surface area contributed by atoms with Gasteiger partial charge in [-0.25, -0.2) is 0 Å². The number of carbonyl (C=O) groups excluding carboxylic acids is 1. The molecule has 3 fully saturated rings. The molecule has 0 amide bonds. The zero-order valence-corrected chi connectivity index (χ0v) is 21.3. The highest BCUT2D eigenvalue weighted by atomic mass is 35.5. The maximum atomic E-state index is 12.5. The number of carbonyl (C=O) groups is 1. The van der Waals surface area contributed by atoms with E-state index in [2.05, 4.69) is 9.80 Å². The monoisotopic (exact) mass is 496 g/mol. The van der Waals surface area contributed by atoms with E-state index in [0.717, 1.165) is 70.0 Å². The molecule has 2 aliphatic heterocycles. The first-order valence-corrected chi connectivity index (χ1v) is 13.5. The van der Waals surface area contributed by atoms with Crippen molar-refractivity contribution in [3.63, 3.8) is 0 Å². The lowest BCUT2D eigenvalue weighted by molar-refractivity contribution is -0.152. The highest BCUT2D eigenvalue weighted by molar-refractivity contribution is 6.42. The number of nitrogens with zero attached hydrogens (tertiary/aromatic N) is 2. The first-order chi connectivity index (χ1) is 16.0. The summed E-state index contributed by atoms with van der Waals surface area (Å²) in [5.41, 5.74) is 0. The lowest BCUT2D eigenvalue weighted by Crippen LogP contribution is -2.50. The van der Waals surface area contributed by atoms with Crippen LogP contribution in [0.4, 0.5) is 0 Å². The van der Waals surface area contributed by atoms with Gasteiger partial charge in [0.15, 0.2) is 0 Å². The molecule has 1 saturated carbocycles. The van der Waals surface area contributed by atoms with Crippen LogP contribution >= 0.6 is 23.2 Å². The van der Waals surface area contributed by atoms with Gasteiger partial charge in [-0.05, 0) is 76.6 Å². The molecule has 2 heterocycles. The van der Waals surface area contributed by atoms with E-state index in [-0.39, 0.29) is 18.0 Å². The molecule has 2 saturated heterocycles. The molecular formula is C26H38Cl2N2O3. The molecule has 0 spiro atoms. The molecule has 1 aromatic rings. The SMILES string of the molecule is CCOC(=O)[C@@H]1CCCC[C@@H]1N1CCC(CN2CCC(Oc3ccc(Cl)c(Cl)c3)CC2)CC1. The minimum absolute atomic E-state index is 0.0234. The summed E-state index contributed by atoms with van der Waals surface area (Å²) in [5, 5.41) is 1.10.